The highest BCUT2D eigenvalue weighted by atomic mass is 16.5. The van der Waals surface area contributed by atoms with Crippen LogP contribution < -0.4 is 11.1 Å². The molecule has 0 aromatic carbocycles. The van der Waals surface area contributed by atoms with E-state index in [1.165, 1.54) is 0 Å². The Kier molecular flexibility index (Phi) is 4.51. The lowest BCUT2D eigenvalue weighted by molar-refractivity contribution is -0.131. The fourth-order valence-electron chi connectivity index (χ4n) is 3.56. The maximum absolute atomic E-state index is 12.5. The summed E-state index contributed by atoms with van der Waals surface area (Å²) in [5, 5.41) is 3.21. The number of hydrogen-bond donors (Lipinski definition) is 2. The summed E-state index contributed by atoms with van der Waals surface area (Å²) in [6.07, 6.45) is 5.03. The van der Waals surface area contributed by atoms with Crippen LogP contribution in [-0.2, 0) is 9.53 Å². The van der Waals surface area contributed by atoms with Crippen molar-refractivity contribution < 1.29 is 9.53 Å². The molecule has 1 heterocycles. The molecule has 1 amide bonds. The van der Waals surface area contributed by atoms with E-state index in [9.17, 15) is 4.79 Å². The van der Waals surface area contributed by atoms with Gasteiger partial charge in [-0.25, -0.2) is 0 Å². The van der Waals surface area contributed by atoms with Crippen molar-refractivity contribution in [2.45, 2.75) is 70.6 Å². The van der Waals surface area contributed by atoms with Crippen molar-refractivity contribution in [3.8, 4) is 0 Å². The molecule has 1 saturated carbocycles. The van der Waals surface area contributed by atoms with Gasteiger partial charge >= 0.3 is 0 Å². The van der Waals surface area contributed by atoms with Crippen LogP contribution in [0, 0.1) is 11.8 Å². The number of nitrogens with one attached hydrogen (secondary N) is 1. The van der Waals surface area contributed by atoms with Gasteiger partial charge in [-0.3, -0.25) is 4.79 Å². The molecule has 0 aromatic rings. The molecule has 1 saturated heterocycles. The first-order chi connectivity index (χ1) is 8.89. The van der Waals surface area contributed by atoms with Crippen LogP contribution in [0.2, 0.25) is 0 Å². The molecule has 4 atom stereocenters. The van der Waals surface area contributed by atoms with Gasteiger partial charge in [-0.15, -0.1) is 0 Å². The summed E-state index contributed by atoms with van der Waals surface area (Å²) in [5.74, 6) is 0.540. The Morgan fingerprint density at radius 3 is 2.68 bits per heavy atom. The van der Waals surface area contributed by atoms with Crippen LogP contribution in [-0.4, -0.2) is 30.2 Å². The quantitative estimate of drug-likeness (QED) is 0.803. The first-order valence-electron chi connectivity index (χ1n) is 7.59. The zero-order chi connectivity index (χ0) is 14.0. The lowest BCUT2D eigenvalue weighted by Gasteiger charge is -2.38. The SMILES string of the molecule is CC1CCCC(N)C1C(=O)NC1CCOC(C)(C)C1. The average molecular weight is 268 g/mol. The highest BCUT2D eigenvalue weighted by molar-refractivity contribution is 5.80. The van der Waals surface area contributed by atoms with Gasteiger partial charge < -0.3 is 15.8 Å². The van der Waals surface area contributed by atoms with Crippen molar-refractivity contribution in [2.75, 3.05) is 6.61 Å². The number of carbonyl (C=O) groups is 1. The molecule has 4 nitrogen and oxygen atoms in total. The first kappa shape index (κ1) is 14.8. The molecular weight excluding hydrogens is 240 g/mol. The monoisotopic (exact) mass is 268 g/mol. The number of rotatable bonds is 2. The summed E-state index contributed by atoms with van der Waals surface area (Å²) in [5.41, 5.74) is 6.01. The standard InChI is InChI=1S/C15H28N2O2/c1-10-5-4-6-12(16)13(10)14(18)17-11-7-8-19-15(2,3)9-11/h10-13H,4-9,16H2,1-3H3,(H,17,18). The van der Waals surface area contributed by atoms with Gasteiger partial charge in [0.2, 0.25) is 5.91 Å². The van der Waals surface area contributed by atoms with E-state index in [0.29, 0.717) is 5.92 Å². The predicted octanol–water partition coefficient (Wildman–Crippen LogP) is 1.82. The lowest BCUT2D eigenvalue weighted by atomic mass is 9.76. The largest absolute Gasteiger partial charge is 0.375 e. The second kappa shape index (κ2) is 5.80. The van der Waals surface area contributed by atoms with E-state index >= 15 is 0 Å². The molecule has 0 radical (unpaired) electrons. The molecule has 0 bridgehead atoms. The Morgan fingerprint density at radius 2 is 2.05 bits per heavy atom. The minimum Gasteiger partial charge on any atom is -0.375 e. The number of amides is 1. The van der Waals surface area contributed by atoms with Gasteiger partial charge in [0.05, 0.1) is 11.5 Å². The fraction of sp³-hybridized carbons (Fsp3) is 0.933. The summed E-state index contributed by atoms with van der Waals surface area (Å²) in [6, 6.07) is 0.258. The molecule has 1 aliphatic carbocycles. The van der Waals surface area contributed by atoms with Gasteiger partial charge in [0.25, 0.3) is 0 Å². The summed E-state index contributed by atoms with van der Waals surface area (Å²) >= 11 is 0. The fourth-order valence-corrected chi connectivity index (χ4v) is 3.56. The van der Waals surface area contributed by atoms with Gasteiger partial charge in [0, 0.05) is 18.7 Å². The highest BCUT2D eigenvalue weighted by Crippen LogP contribution is 2.30. The van der Waals surface area contributed by atoms with Gasteiger partial charge in [-0.05, 0) is 45.4 Å². The van der Waals surface area contributed by atoms with Crippen molar-refractivity contribution >= 4 is 5.91 Å². The van der Waals surface area contributed by atoms with Crippen LogP contribution in [0.25, 0.3) is 0 Å². The Labute approximate surface area is 116 Å². The van der Waals surface area contributed by atoms with Gasteiger partial charge in [0.15, 0.2) is 0 Å². The normalized spacial score (nSPS) is 38.7. The number of carbonyl (C=O) groups excluding carboxylic acids is 1. The first-order valence-corrected chi connectivity index (χ1v) is 7.59. The molecule has 2 rings (SSSR count). The molecular formula is C15H28N2O2. The number of ether oxygens (including phenoxy) is 1. The maximum atomic E-state index is 12.5. The average Bonchev–Trinajstić information content (AvgIpc) is 2.27. The van der Waals surface area contributed by atoms with Crippen LogP contribution in [0.3, 0.4) is 0 Å². The molecule has 19 heavy (non-hydrogen) atoms. The predicted molar refractivity (Wildman–Crippen MR) is 75.7 cm³/mol. The van der Waals surface area contributed by atoms with Crippen LogP contribution in [0.5, 0.6) is 0 Å². The van der Waals surface area contributed by atoms with Gasteiger partial charge in [0.1, 0.15) is 0 Å². The molecule has 1 aliphatic heterocycles. The molecule has 4 heteroatoms. The van der Waals surface area contributed by atoms with Crippen molar-refractivity contribution in [2.24, 2.45) is 17.6 Å². The van der Waals surface area contributed by atoms with Crippen molar-refractivity contribution in [3.63, 3.8) is 0 Å². The molecule has 2 aliphatic rings. The Morgan fingerprint density at radius 1 is 1.32 bits per heavy atom. The Balaban J connectivity index is 1.92. The van der Waals surface area contributed by atoms with Gasteiger partial charge in [-0.2, -0.15) is 0 Å². The summed E-state index contributed by atoms with van der Waals surface area (Å²) in [7, 11) is 0. The van der Waals surface area contributed by atoms with Crippen LogP contribution in [0.15, 0.2) is 0 Å². The van der Waals surface area contributed by atoms with E-state index in [-0.39, 0.29) is 29.5 Å². The van der Waals surface area contributed by atoms with Crippen LogP contribution in [0.1, 0.15) is 52.9 Å². The molecule has 2 fully saturated rings. The minimum absolute atomic E-state index is 0.0142. The third-order valence-corrected chi connectivity index (χ3v) is 4.62. The minimum atomic E-state index is -0.128. The zero-order valence-electron chi connectivity index (χ0n) is 12.4. The van der Waals surface area contributed by atoms with Gasteiger partial charge in [-0.1, -0.05) is 13.3 Å². The summed E-state index contributed by atoms with van der Waals surface area (Å²) in [4.78, 5) is 12.5. The Bertz CT molecular complexity index is 320. The molecule has 4 unspecified atom stereocenters. The van der Waals surface area contributed by atoms with Crippen LogP contribution in [0.4, 0.5) is 0 Å². The summed E-state index contributed by atoms with van der Waals surface area (Å²) in [6.45, 7) is 7.04. The lowest BCUT2D eigenvalue weighted by Crippen LogP contribution is -2.52. The van der Waals surface area contributed by atoms with E-state index in [2.05, 4.69) is 26.1 Å². The van der Waals surface area contributed by atoms with E-state index in [1.807, 2.05) is 0 Å². The third kappa shape index (κ3) is 3.69. The van der Waals surface area contributed by atoms with E-state index < -0.39 is 0 Å². The van der Waals surface area contributed by atoms with Crippen LogP contribution >= 0.6 is 0 Å². The van der Waals surface area contributed by atoms with Crippen molar-refractivity contribution in [3.05, 3.63) is 0 Å². The van der Waals surface area contributed by atoms with E-state index in [4.69, 9.17) is 10.5 Å². The second-order valence-electron chi connectivity index (χ2n) is 6.90. The second-order valence-corrected chi connectivity index (χ2v) is 6.90. The highest BCUT2D eigenvalue weighted by Gasteiger charge is 2.36. The number of nitrogens with two attached hydrogens (primary N) is 1. The third-order valence-electron chi connectivity index (χ3n) is 4.62. The molecule has 0 aromatic heterocycles. The van der Waals surface area contributed by atoms with E-state index in [0.717, 1.165) is 38.7 Å². The Hall–Kier alpha value is -0.610. The van der Waals surface area contributed by atoms with Crippen molar-refractivity contribution in [1.82, 2.24) is 5.32 Å². The summed E-state index contributed by atoms with van der Waals surface area (Å²) < 4.78 is 5.69. The van der Waals surface area contributed by atoms with E-state index in [1.54, 1.807) is 0 Å². The molecule has 110 valence electrons. The number of hydrogen-bond acceptors (Lipinski definition) is 3. The molecule has 0 spiro atoms. The maximum Gasteiger partial charge on any atom is 0.225 e. The smallest absolute Gasteiger partial charge is 0.225 e. The van der Waals surface area contributed by atoms with Crippen molar-refractivity contribution in [1.29, 1.82) is 0 Å². The molecule has 3 N–H and O–H groups in total. The zero-order valence-corrected chi connectivity index (χ0v) is 12.4. The topological polar surface area (TPSA) is 64.4 Å².